The summed E-state index contributed by atoms with van der Waals surface area (Å²) in [6, 6.07) is 9.99. The highest BCUT2D eigenvalue weighted by atomic mass is 35.5. The summed E-state index contributed by atoms with van der Waals surface area (Å²) in [6.07, 6.45) is -4.41. The minimum absolute atomic E-state index is 0.0675. The maximum atomic E-state index is 12.8. The largest absolute Gasteiger partial charge is 0.483 e. The Labute approximate surface area is 141 Å². The van der Waals surface area contributed by atoms with E-state index in [9.17, 15) is 18.0 Å². The minimum atomic E-state index is -4.41. The number of hydrogen-bond donors (Lipinski definition) is 0. The van der Waals surface area contributed by atoms with Crippen LogP contribution in [0.5, 0.6) is 5.75 Å². The average Bonchev–Trinajstić information content (AvgIpc) is 2.66. The summed E-state index contributed by atoms with van der Waals surface area (Å²) in [7, 11) is 0. The van der Waals surface area contributed by atoms with Crippen LogP contribution in [0.15, 0.2) is 42.5 Å². The normalized spacial score (nSPS) is 14.8. The number of amides is 1. The molecule has 0 spiro atoms. The van der Waals surface area contributed by atoms with Crippen LogP contribution in [0.4, 0.5) is 13.2 Å². The number of nitrogens with zero attached hydrogens (tertiary/aromatic N) is 1. The Morgan fingerprint density at radius 3 is 2.71 bits per heavy atom. The maximum absolute atomic E-state index is 12.8. The van der Waals surface area contributed by atoms with E-state index in [2.05, 4.69) is 0 Å². The molecule has 126 valence electrons. The van der Waals surface area contributed by atoms with E-state index in [1.807, 2.05) is 0 Å². The number of benzene rings is 2. The molecule has 3 nitrogen and oxygen atoms in total. The third-order valence-electron chi connectivity index (χ3n) is 3.72. The summed E-state index contributed by atoms with van der Waals surface area (Å²) in [5.74, 6) is 0.263. The summed E-state index contributed by atoms with van der Waals surface area (Å²) in [5.41, 5.74) is 0.394. The van der Waals surface area contributed by atoms with E-state index in [4.69, 9.17) is 16.3 Å². The zero-order valence-electron chi connectivity index (χ0n) is 12.4. The van der Waals surface area contributed by atoms with Gasteiger partial charge in [0.25, 0.3) is 5.91 Å². The zero-order chi connectivity index (χ0) is 17.3. The van der Waals surface area contributed by atoms with E-state index in [1.165, 1.54) is 11.0 Å². The van der Waals surface area contributed by atoms with Crippen molar-refractivity contribution in [2.75, 3.05) is 6.61 Å². The molecule has 1 heterocycles. The Kier molecular flexibility index (Phi) is 4.41. The van der Waals surface area contributed by atoms with Crippen molar-refractivity contribution in [2.24, 2.45) is 0 Å². The Bertz CT molecular complexity index is 777. The average molecular weight is 356 g/mol. The fraction of sp³-hybridized carbons (Fsp3) is 0.235. The second-order valence-corrected chi connectivity index (χ2v) is 5.93. The molecule has 1 aliphatic heterocycles. The number of alkyl halides is 3. The molecule has 3 rings (SSSR count). The van der Waals surface area contributed by atoms with Gasteiger partial charge in [-0.1, -0.05) is 23.7 Å². The third kappa shape index (κ3) is 3.64. The van der Waals surface area contributed by atoms with E-state index in [1.54, 1.807) is 24.3 Å². The second kappa shape index (κ2) is 6.36. The first-order chi connectivity index (χ1) is 11.3. The summed E-state index contributed by atoms with van der Waals surface area (Å²) >= 11 is 5.96. The van der Waals surface area contributed by atoms with E-state index < -0.39 is 11.7 Å². The number of hydrogen-bond acceptors (Lipinski definition) is 2. The van der Waals surface area contributed by atoms with E-state index in [0.717, 1.165) is 17.7 Å². The molecule has 1 aliphatic rings. The molecule has 0 radical (unpaired) electrons. The van der Waals surface area contributed by atoms with Gasteiger partial charge in [-0.3, -0.25) is 4.79 Å². The summed E-state index contributed by atoms with van der Waals surface area (Å²) < 4.78 is 43.9. The van der Waals surface area contributed by atoms with Crippen LogP contribution in [0.1, 0.15) is 16.7 Å². The van der Waals surface area contributed by atoms with Crippen molar-refractivity contribution in [2.45, 2.75) is 19.3 Å². The van der Waals surface area contributed by atoms with Gasteiger partial charge in [-0.15, -0.1) is 0 Å². The van der Waals surface area contributed by atoms with Gasteiger partial charge < -0.3 is 9.64 Å². The molecule has 0 aliphatic carbocycles. The standard InChI is InChI=1S/C17H13ClF3NO2/c18-14-4-5-15-12(7-14)9-22(16(23)10-24-15)8-11-2-1-3-13(6-11)17(19,20)21/h1-7H,8-10H2. The lowest BCUT2D eigenvalue weighted by Crippen LogP contribution is -2.31. The maximum Gasteiger partial charge on any atom is 0.416 e. The van der Waals surface area contributed by atoms with Gasteiger partial charge in [0.1, 0.15) is 5.75 Å². The smallest absolute Gasteiger partial charge is 0.416 e. The number of carbonyl (C=O) groups excluding carboxylic acids is 1. The molecule has 1 amide bonds. The molecule has 0 aromatic heterocycles. The van der Waals surface area contributed by atoms with E-state index in [0.29, 0.717) is 16.3 Å². The molecular formula is C17H13ClF3NO2. The molecule has 24 heavy (non-hydrogen) atoms. The highest BCUT2D eigenvalue weighted by Gasteiger charge is 2.30. The van der Waals surface area contributed by atoms with Crippen molar-refractivity contribution in [1.29, 1.82) is 0 Å². The first-order valence-corrected chi connectivity index (χ1v) is 7.56. The van der Waals surface area contributed by atoms with Gasteiger partial charge in [0, 0.05) is 23.7 Å². The lowest BCUT2D eigenvalue weighted by Gasteiger charge is -2.20. The SMILES string of the molecule is O=C1COc2ccc(Cl)cc2CN1Cc1cccc(C(F)(F)F)c1. The number of fused-ring (bicyclic) bond motifs is 1. The molecule has 2 aromatic rings. The van der Waals surface area contributed by atoms with Gasteiger partial charge in [-0.25, -0.2) is 0 Å². The Balaban J connectivity index is 1.85. The first-order valence-electron chi connectivity index (χ1n) is 7.18. The number of rotatable bonds is 2. The molecule has 2 aromatic carbocycles. The van der Waals surface area contributed by atoms with Crippen LogP contribution in [-0.4, -0.2) is 17.4 Å². The predicted octanol–water partition coefficient (Wildman–Crippen LogP) is 4.28. The molecule has 7 heteroatoms. The molecule has 0 unspecified atom stereocenters. The van der Waals surface area contributed by atoms with Crippen LogP contribution in [-0.2, 0) is 24.1 Å². The molecular weight excluding hydrogens is 343 g/mol. The van der Waals surface area contributed by atoms with Crippen LogP contribution in [0.25, 0.3) is 0 Å². The molecule has 0 fully saturated rings. The topological polar surface area (TPSA) is 29.5 Å². The molecule has 0 atom stereocenters. The Morgan fingerprint density at radius 1 is 1.17 bits per heavy atom. The predicted molar refractivity (Wildman–Crippen MR) is 82.6 cm³/mol. The van der Waals surface area contributed by atoms with Gasteiger partial charge in [0.2, 0.25) is 0 Å². The number of halogens is 4. The second-order valence-electron chi connectivity index (χ2n) is 5.49. The Hall–Kier alpha value is -2.21. The molecule has 0 saturated heterocycles. The third-order valence-corrected chi connectivity index (χ3v) is 3.95. The monoisotopic (exact) mass is 355 g/mol. The van der Waals surface area contributed by atoms with Gasteiger partial charge in [0.15, 0.2) is 6.61 Å². The van der Waals surface area contributed by atoms with Crippen molar-refractivity contribution in [3.8, 4) is 5.75 Å². The molecule has 0 N–H and O–H groups in total. The van der Waals surface area contributed by atoms with Crippen molar-refractivity contribution >= 4 is 17.5 Å². The summed E-state index contributed by atoms with van der Waals surface area (Å²) in [5, 5.41) is 0.505. The van der Waals surface area contributed by atoms with Crippen LogP contribution in [0.3, 0.4) is 0 Å². The van der Waals surface area contributed by atoms with Crippen LogP contribution in [0.2, 0.25) is 5.02 Å². The first kappa shape index (κ1) is 16.6. The lowest BCUT2D eigenvalue weighted by molar-refractivity contribution is -0.137. The van der Waals surface area contributed by atoms with Crippen molar-refractivity contribution in [3.05, 3.63) is 64.2 Å². The quantitative estimate of drug-likeness (QED) is 0.804. The molecule has 0 saturated carbocycles. The number of carbonyl (C=O) groups is 1. The van der Waals surface area contributed by atoms with E-state index >= 15 is 0 Å². The van der Waals surface area contributed by atoms with Crippen molar-refractivity contribution in [3.63, 3.8) is 0 Å². The van der Waals surface area contributed by atoms with E-state index in [-0.39, 0.29) is 25.6 Å². The van der Waals surface area contributed by atoms with Gasteiger partial charge in [-0.05, 0) is 35.9 Å². The van der Waals surface area contributed by atoms with Crippen LogP contribution in [0, 0.1) is 0 Å². The Morgan fingerprint density at radius 2 is 1.96 bits per heavy atom. The minimum Gasteiger partial charge on any atom is -0.483 e. The fourth-order valence-corrected chi connectivity index (χ4v) is 2.74. The number of ether oxygens (including phenoxy) is 1. The summed E-state index contributed by atoms with van der Waals surface area (Å²) in [6.45, 7) is 0.136. The van der Waals surface area contributed by atoms with Gasteiger partial charge >= 0.3 is 6.18 Å². The van der Waals surface area contributed by atoms with Crippen LogP contribution < -0.4 is 4.74 Å². The highest BCUT2D eigenvalue weighted by molar-refractivity contribution is 6.30. The lowest BCUT2D eigenvalue weighted by atomic mass is 10.1. The van der Waals surface area contributed by atoms with Gasteiger partial charge in [-0.2, -0.15) is 13.2 Å². The fourth-order valence-electron chi connectivity index (χ4n) is 2.55. The van der Waals surface area contributed by atoms with Crippen molar-refractivity contribution < 1.29 is 22.7 Å². The zero-order valence-corrected chi connectivity index (χ0v) is 13.2. The van der Waals surface area contributed by atoms with Gasteiger partial charge in [0.05, 0.1) is 5.56 Å². The van der Waals surface area contributed by atoms with Crippen molar-refractivity contribution in [1.82, 2.24) is 4.90 Å². The van der Waals surface area contributed by atoms with Crippen LogP contribution >= 0.6 is 11.6 Å². The summed E-state index contributed by atoms with van der Waals surface area (Å²) in [4.78, 5) is 13.7. The highest BCUT2D eigenvalue weighted by Crippen LogP contribution is 2.31. The molecule has 0 bridgehead atoms.